The van der Waals surface area contributed by atoms with Crippen LogP contribution in [-0.2, 0) is 9.59 Å². The summed E-state index contributed by atoms with van der Waals surface area (Å²) in [6, 6.07) is -1.36. The van der Waals surface area contributed by atoms with Crippen molar-refractivity contribution in [2.24, 2.45) is 0 Å². The number of hydrogen-bond donors (Lipinski definition) is 3. The summed E-state index contributed by atoms with van der Waals surface area (Å²) < 4.78 is 0. The minimum Gasteiger partial charge on any atom is -0.548 e. The molecule has 8 nitrogen and oxygen atoms in total. The fourth-order valence-electron chi connectivity index (χ4n) is 0.622. The van der Waals surface area contributed by atoms with Crippen molar-refractivity contribution in [3.05, 3.63) is 0 Å². The van der Waals surface area contributed by atoms with Crippen molar-refractivity contribution in [3.8, 4) is 0 Å². The number of aliphatic hydroxyl groups excluding tert-OH is 1. The molecule has 9 N–H and O–H groups in total. The summed E-state index contributed by atoms with van der Waals surface area (Å²) in [6.45, 7) is 1.18. The zero-order valence-electron chi connectivity index (χ0n) is 7.74. The van der Waals surface area contributed by atoms with E-state index in [1.807, 2.05) is 0 Å². The summed E-state index contributed by atoms with van der Waals surface area (Å²) in [4.78, 5) is 20.9. The van der Waals surface area contributed by atoms with Crippen LogP contribution in [0.3, 0.4) is 0 Å². The molecule has 0 aromatic rings. The van der Waals surface area contributed by atoms with Gasteiger partial charge in [-0.25, -0.2) is 0 Å². The van der Waals surface area contributed by atoms with E-state index in [0.29, 0.717) is 0 Å². The Bertz CT molecular complexity index is 183. The molecular weight excluding hydrogens is 196 g/mol. The van der Waals surface area contributed by atoms with Crippen LogP contribution in [0.15, 0.2) is 0 Å². The molecule has 0 rings (SSSR count). The monoisotopic (exact) mass is 212 g/mol. The van der Waals surface area contributed by atoms with E-state index in [9.17, 15) is 14.7 Å². The van der Waals surface area contributed by atoms with Gasteiger partial charge in [-0.2, -0.15) is 0 Å². The van der Waals surface area contributed by atoms with Crippen LogP contribution in [0.2, 0.25) is 0 Å². The van der Waals surface area contributed by atoms with E-state index in [0.717, 1.165) is 0 Å². The Balaban J connectivity index is -0.000000605. The zero-order valence-corrected chi connectivity index (χ0v) is 7.74. The number of amides is 1. The van der Waals surface area contributed by atoms with E-state index in [2.05, 4.69) is 11.1 Å². The average Bonchev–Trinajstić information content (AvgIpc) is 1.98. The van der Waals surface area contributed by atoms with Crippen LogP contribution in [-0.4, -0.2) is 46.6 Å². The number of carboxylic acids is 1. The highest BCUT2D eigenvalue weighted by molar-refractivity contribution is 5.83. The van der Waals surface area contributed by atoms with Gasteiger partial charge in [0.2, 0.25) is 0 Å². The molecule has 0 saturated heterocycles. The molecule has 0 aromatic carbocycles. The average molecular weight is 212 g/mol. The molecule has 2 atom stereocenters. The third-order valence-corrected chi connectivity index (χ3v) is 1.28. The van der Waals surface area contributed by atoms with Gasteiger partial charge >= 0.3 is 0 Å². The third-order valence-electron chi connectivity index (χ3n) is 1.28. The van der Waals surface area contributed by atoms with Crippen LogP contribution in [0.4, 0.5) is 0 Å². The Morgan fingerprint density at radius 3 is 2.14 bits per heavy atom. The first-order valence-electron chi connectivity index (χ1n) is 3.46. The topological polar surface area (TPSA) is 180 Å². The van der Waals surface area contributed by atoms with Crippen LogP contribution in [0.25, 0.3) is 0 Å². The molecule has 0 fully saturated rings. The maximum absolute atomic E-state index is 10.7. The van der Waals surface area contributed by atoms with Crippen molar-refractivity contribution in [1.29, 1.82) is 0 Å². The van der Waals surface area contributed by atoms with E-state index < -0.39 is 24.0 Å². The fraction of sp³-hybridized carbons (Fsp3) is 0.667. The van der Waals surface area contributed by atoms with Gasteiger partial charge in [-0.05, 0) is 6.92 Å². The largest absolute Gasteiger partial charge is 0.548 e. The first kappa shape index (κ1) is 18.5. The predicted molar refractivity (Wildman–Crippen MR) is 43.6 cm³/mol. The van der Waals surface area contributed by atoms with Gasteiger partial charge in [-0.3, -0.25) is 4.79 Å². The molecule has 0 unspecified atom stereocenters. The lowest BCUT2D eigenvalue weighted by Crippen LogP contribution is -2.62. The lowest BCUT2D eigenvalue weighted by molar-refractivity contribution is -0.355. The Hall–Kier alpha value is -1.22. The molecule has 8 heteroatoms. The molecule has 0 aliphatic heterocycles. The Morgan fingerprint density at radius 1 is 1.50 bits per heavy atom. The van der Waals surface area contributed by atoms with Crippen LogP contribution in [0.1, 0.15) is 6.92 Å². The lowest BCUT2D eigenvalue weighted by Gasteiger charge is -2.21. The molecule has 0 heterocycles. The van der Waals surface area contributed by atoms with E-state index >= 15 is 0 Å². The number of aliphatic carboxylic acids is 1. The summed E-state index contributed by atoms with van der Waals surface area (Å²) in [5, 5.41) is 21.2. The van der Waals surface area contributed by atoms with Gasteiger partial charge in [0, 0.05) is 0 Å². The van der Waals surface area contributed by atoms with Crippen molar-refractivity contribution in [3.63, 3.8) is 0 Å². The maximum Gasteiger partial charge on any atom is 0.275 e. The van der Waals surface area contributed by atoms with Gasteiger partial charge in [-0.15, -0.1) is 0 Å². The van der Waals surface area contributed by atoms with Gasteiger partial charge < -0.3 is 37.0 Å². The molecule has 0 aromatic heterocycles. The number of hydrogen-bond acceptors (Lipinski definition) is 4. The van der Waals surface area contributed by atoms with Crippen LogP contribution in [0.5, 0.6) is 0 Å². The third kappa shape index (κ3) is 6.31. The van der Waals surface area contributed by atoms with Gasteiger partial charge in [0.15, 0.2) is 6.54 Å². The molecule has 14 heavy (non-hydrogen) atoms. The molecule has 0 bridgehead atoms. The number of quaternary nitrogens is 1. The highest BCUT2D eigenvalue weighted by atomic mass is 16.4. The summed E-state index contributed by atoms with van der Waals surface area (Å²) in [7, 11) is 0. The first-order valence-corrected chi connectivity index (χ1v) is 3.46. The summed E-state index contributed by atoms with van der Waals surface area (Å²) in [5.41, 5.74) is 3.25. The van der Waals surface area contributed by atoms with Crippen LogP contribution < -0.4 is 16.2 Å². The van der Waals surface area contributed by atoms with Crippen molar-refractivity contribution >= 4 is 11.9 Å². The number of rotatable bonds is 4. The number of carboxylic acid groups (broad SMARTS) is 1. The van der Waals surface area contributed by atoms with E-state index in [1.54, 1.807) is 0 Å². The Labute approximate surface area is 80.3 Å². The Kier molecular flexibility index (Phi) is 11.1. The molecule has 0 saturated carbocycles. The first-order chi connectivity index (χ1) is 5.49. The van der Waals surface area contributed by atoms with Gasteiger partial charge in [-0.1, -0.05) is 0 Å². The molecule has 0 radical (unpaired) electrons. The Morgan fingerprint density at radius 2 is 1.93 bits per heavy atom. The molecule has 86 valence electrons. The maximum atomic E-state index is 10.7. The minimum absolute atomic E-state index is 0. The lowest BCUT2D eigenvalue weighted by atomic mass is 10.2. The van der Waals surface area contributed by atoms with E-state index in [-0.39, 0.29) is 17.5 Å². The van der Waals surface area contributed by atoms with E-state index in [1.165, 1.54) is 6.92 Å². The number of aliphatic hydroxyl groups is 1. The standard InChI is InChI=1S/C6H12N2O4.2H2O/c1-3(9)5(6(11)12)8-4(10)2-7;;/h3,5,9H,2,7H2,1H3,(H,8,10)(H,11,12);2*1H2/t3-,5+;;/m1../s1. The molecule has 0 aliphatic rings. The van der Waals surface area contributed by atoms with Gasteiger partial charge in [0.05, 0.1) is 18.1 Å². The zero-order chi connectivity index (χ0) is 9.72. The van der Waals surface area contributed by atoms with Crippen LogP contribution in [0, 0.1) is 0 Å². The normalized spacial score (nSPS) is 12.8. The molecule has 1 amide bonds. The molecular formula is C6H16N2O6. The summed E-state index contributed by atoms with van der Waals surface area (Å²) in [5.74, 6) is -2.04. The summed E-state index contributed by atoms with van der Waals surface area (Å²) in [6.07, 6.45) is -1.18. The second kappa shape index (κ2) is 8.38. The number of carbonyl (C=O) groups is 2. The summed E-state index contributed by atoms with van der Waals surface area (Å²) >= 11 is 0. The van der Waals surface area contributed by atoms with Gasteiger partial charge in [0.25, 0.3) is 5.91 Å². The smallest absolute Gasteiger partial charge is 0.275 e. The minimum atomic E-state index is -1.51. The number of carbonyl (C=O) groups excluding carboxylic acids is 2. The van der Waals surface area contributed by atoms with Crippen molar-refractivity contribution in [1.82, 2.24) is 5.32 Å². The van der Waals surface area contributed by atoms with Crippen molar-refractivity contribution < 1.29 is 36.5 Å². The van der Waals surface area contributed by atoms with Gasteiger partial charge in [0.1, 0.15) is 0 Å². The van der Waals surface area contributed by atoms with Crippen molar-refractivity contribution in [2.45, 2.75) is 19.1 Å². The second-order valence-electron chi connectivity index (χ2n) is 2.35. The highest BCUT2D eigenvalue weighted by Gasteiger charge is 2.18. The van der Waals surface area contributed by atoms with Crippen LogP contribution >= 0.6 is 0 Å². The molecule has 0 spiro atoms. The molecule has 0 aliphatic carbocycles. The fourth-order valence-corrected chi connectivity index (χ4v) is 0.622. The quantitative estimate of drug-likeness (QED) is 0.420. The number of nitrogens with one attached hydrogen (secondary N) is 1. The second-order valence-corrected chi connectivity index (χ2v) is 2.35. The highest BCUT2D eigenvalue weighted by Crippen LogP contribution is 1.89. The predicted octanol–water partition coefficient (Wildman–Crippen LogP) is -5.81. The van der Waals surface area contributed by atoms with E-state index in [4.69, 9.17) is 5.11 Å². The SMILES string of the molecule is C[C@@H](O)[C@H](NC(=O)C[NH3+])C(=O)[O-].O.O. The van der Waals surface area contributed by atoms with Crippen molar-refractivity contribution in [2.75, 3.05) is 6.54 Å².